The summed E-state index contributed by atoms with van der Waals surface area (Å²) in [6, 6.07) is 7.73. The third-order valence-corrected chi connectivity index (χ3v) is 6.10. The standard InChI is InChI=1S/C23H15F7N2O3S/c1-2-34-21(33)11-5-6-15-14(8-11)31-22(32(15)9-12-4-3-7-35-12)36-10-13-17(24)19(26)16(23(28,29)30)20(27)18(13)25/h3-8H,2,9-10H2,1H3. The van der Waals surface area contributed by atoms with Crippen LogP contribution in [0.25, 0.3) is 11.0 Å². The molecule has 5 nitrogen and oxygen atoms in total. The molecule has 2 aromatic heterocycles. The maximum Gasteiger partial charge on any atom is 0.422 e. The predicted octanol–water partition coefficient (Wildman–Crippen LogP) is 6.72. The van der Waals surface area contributed by atoms with Crippen LogP contribution in [0.5, 0.6) is 0 Å². The summed E-state index contributed by atoms with van der Waals surface area (Å²) in [4.78, 5) is 16.4. The van der Waals surface area contributed by atoms with Crippen molar-refractivity contribution in [2.24, 2.45) is 0 Å². The van der Waals surface area contributed by atoms with Gasteiger partial charge in [-0.3, -0.25) is 0 Å². The summed E-state index contributed by atoms with van der Waals surface area (Å²) >= 11 is 0.631. The summed E-state index contributed by atoms with van der Waals surface area (Å²) < 4.78 is 107. The van der Waals surface area contributed by atoms with Crippen LogP contribution >= 0.6 is 11.8 Å². The van der Waals surface area contributed by atoms with Gasteiger partial charge in [-0.1, -0.05) is 11.8 Å². The molecule has 0 saturated heterocycles. The summed E-state index contributed by atoms with van der Waals surface area (Å²) in [6.45, 7) is 1.86. The molecule has 2 heterocycles. The van der Waals surface area contributed by atoms with Gasteiger partial charge in [0.05, 0.1) is 36.0 Å². The molecule has 0 spiro atoms. The molecule has 190 valence electrons. The lowest BCUT2D eigenvalue weighted by Crippen LogP contribution is -2.17. The molecule has 0 N–H and O–H groups in total. The smallest absolute Gasteiger partial charge is 0.422 e. The van der Waals surface area contributed by atoms with E-state index in [1.54, 1.807) is 29.7 Å². The van der Waals surface area contributed by atoms with Gasteiger partial charge in [0.1, 0.15) is 11.3 Å². The average molecular weight is 532 g/mol. The van der Waals surface area contributed by atoms with Gasteiger partial charge in [0, 0.05) is 11.3 Å². The highest BCUT2D eigenvalue weighted by atomic mass is 32.2. The Labute approximate surface area is 202 Å². The minimum atomic E-state index is -5.63. The van der Waals surface area contributed by atoms with E-state index in [1.165, 1.54) is 18.4 Å². The Morgan fingerprint density at radius 1 is 1.08 bits per heavy atom. The highest BCUT2D eigenvalue weighted by Crippen LogP contribution is 2.38. The summed E-state index contributed by atoms with van der Waals surface area (Å²) in [5.41, 5.74) is -2.89. The molecule has 13 heteroatoms. The van der Waals surface area contributed by atoms with Crippen LogP contribution < -0.4 is 0 Å². The van der Waals surface area contributed by atoms with Crippen molar-refractivity contribution in [2.45, 2.75) is 30.6 Å². The Hall–Kier alpha value is -3.48. The van der Waals surface area contributed by atoms with Crippen molar-refractivity contribution in [3.8, 4) is 0 Å². The first-order valence-electron chi connectivity index (χ1n) is 10.3. The maximum atomic E-state index is 14.4. The number of furan rings is 1. The van der Waals surface area contributed by atoms with Crippen LogP contribution in [0.2, 0.25) is 0 Å². The number of halogens is 7. The highest BCUT2D eigenvalue weighted by molar-refractivity contribution is 7.98. The maximum absolute atomic E-state index is 14.4. The van der Waals surface area contributed by atoms with E-state index < -0.39 is 52.3 Å². The van der Waals surface area contributed by atoms with Crippen molar-refractivity contribution in [3.63, 3.8) is 0 Å². The van der Waals surface area contributed by atoms with Gasteiger partial charge in [0.25, 0.3) is 0 Å². The fraction of sp³-hybridized carbons (Fsp3) is 0.217. The zero-order chi connectivity index (χ0) is 26.2. The number of thioether (sulfide) groups is 1. The van der Waals surface area contributed by atoms with Crippen molar-refractivity contribution in [3.05, 3.63) is 82.3 Å². The Kier molecular flexibility index (Phi) is 7.03. The van der Waals surface area contributed by atoms with Gasteiger partial charge in [-0.15, -0.1) is 0 Å². The fourth-order valence-electron chi connectivity index (χ4n) is 3.46. The summed E-state index contributed by atoms with van der Waals surface area (Å²) in [6.07, 6.45) is -4.21. The molecule has 0 radical (unpaired) electrons. The van der Waals surface area contributed by atoms with Crippen LogP contribution in [0.15, 0.2) is 46.2 Å². The van der Waals surface area contributed by atoms with Gasteiger partial charge in [0.2, 0.25) is 0 Å². The Morgan fingerprint density at radius 3 is 2.36 bits per heavy atom. The lowest BCUT2D eigenvalue weighted by molar-refractivity contribution is -0.143. The second-order valence-electron chi connectivity index (χ2n) is 7.38. The van der Waals surface area contributed by atoms with E-state index in [1.807, 2.05) is 0 Å². The zero-order valence-corrected chi connectivity index (χ0v) is 19.1. The van der Waals surface area contributed by atoms with Crippen LogP contribution in [0.3, 0.4) is 0 Å². The highest BCUT2D eigenvalue weighted by Gasteiger charge is 2.42. The number of carbonyl (C=O) groups is 1. The number of hydrogen-bond acceptors (Lipinski definition) is 5. The van der Waals surface area contributed by atoms with Crippen LogP contribution in [-0.4, -0.2) is 22.1 Å². The number of alkyl halides is 3. The first-order valence-corrected chi connectivity index (χ1v) is 11.3. The molecular weight excluding hydrogens is 517 g/mol. The lowest BCUT2D eigenvalue weighted by Gasteiger charge is -2.14. The molecule has 0 aliphatic carbocycles. The van der Waals surface area contributed by atoms with E-state index in [2.05, 4.69) is 4.98 Å². The summed E-state index contributed by atoms with van der Waals surface area (Å²) in [7, 11) is 0. The number of nitrogens with zero attached hydrogens (tertiary/aromatic N) is 2. The third-order valence-electron chi connectivity index (χ3n) is 5.10. The monoisotopic (exact) mass is 532 g/mol. The van der Waals surface area contributed by atoms with E-state index in [0.29, 0.717) is 28.6 Å². The fourth-order valence-corrected chi connectivity index (χ4v) is 4.47. The van der Waals surface area contributed by atoms with Gasteiger partial charge in [0.15, 0.2) is 28.4 Å². The van der Waals surface area contributed by atoms with E-state index in [-0.39, 0.29) is 23.9 Å². The Balaban J connectivity index is 1.74. The molecular formula is C23H15F7N2O3S. The third kappa shape index (κ3) is 4.79. The number of fused-ring (bicyclic) bond motifs is 1. The van der Waals surface area contributed by atoms with E-state index in [9.17, 15) is 35.5 Å². The van der Waals surface area contributed by atoms with Crippen molar-refractivity contribution in [2.75, 3.05) is 6.61 Å². The number of imidazole rings is 1. The van der Waals surface area contributed by atoms with Gasteiger partial charge < -0.3 is 13.7 Å². The first-order chi connectivity index (χ1) is 17.0. The van der Waals surface area contributed by atoms with Crippen molar-refractivity contribution in [1.29, 1.82) is 0 Å². The average Bonchev–Trinajstić information content (AvgIpc) is 3.45. The number of benzene rings is 2. The molecule has 4 aromatic rings. The minimum absolute atomic E-state index is 0.0886. The number of aromatic nitrogens is 2. The van der Waals surface area contributed by atoms with E-state index >= 15 is 0 Å². The number of hydrogen-bond donors (Lipinski definition) is 0. The second-order valence-corrected chi connectivity index (χ2v) is 8.32. The molecule has 36 heavy (non-hydrogen) atoms. The van der Waals surface area contributed by atoms with Crippen molar-refractivity contribution >= 4 is 28.8 Å². The summed E-state index contributed by atoms with van der Waals surface area (Å²) in [5, 5.41) is 0.0990. The molecule has 4 rings (SSSR count). The predicted molar refractivity (Wildman–Crippen MR) is 114 cm³/mol. The molecule has 0 fully saturated rings. The normalized spacial score (nSPS) is 11.9. The van der Waals surface area contributed by atoms with Gasteiger partial charge >= 0.3 is 12.1 Å². The molecule has 2 aromatic carbocycles. The van der Waals surface area contributed by atoms with Gasteiger partial charge in [-0.05, 0) is 37.3 Å². The Bertz CT molecular complexity index is 1400. The molecule has 0 amide bonds. The number of rotatable bonds is 7. The second kappa shape index (κ2) is 9.88. The summed E-state index contributed by atoms with van der Waals surface area (Å²) in [5.74, 6) is -10.3. The quantitative estimate of drug-likeness (QED) is 0.114. The molecule has 0 saturated carbocycles. The first kappa shape index (κ1) is 25.6. The molecule has 0 aliphatic heterocycles. The zero-order valence-electron chi connectivity index (χ0n) is 18.3. The largest absolute Gasteiger partial charge is 0.467 e. The van der Waals surface area contributed by atoms with E-state index in [4.69, 9.17) is 9.15 Å². The van der Waals surface area contributed by atoms with Gasteiger partial charge in [-0.25, -0.2) is 27.3 Å². The van der Waals surface area contributed by atoms with Crippen molar-refractivity contribution < 1.29 is 44.7 Å². The van der Waals surface area contributed by atoms with E-state index in [0.717, 1.165) is 0 Å². The van der Waals surface area contributed by atoms with Crippen molar-refractivity contribution in [1.82, 2.24) is 9.55 Å². The Morgan fingerprint density at radius 2 is 1.78 bits per heavy atom. The molecule has 0 aliphatic rings. The topological polar surface area (TPSA) is 57.3 Å². The number of carbonyl (C=O) groups excluding carboxylic acids is 1. The molecule has 0 atom stereocenters. The molecule has 0 bridgehead atoms. The number of ether oxygens (including phenoxy) is 1. The minimum Gasteiger partial charge on any atom is -0.467 e. The SMILES string of the molecule is CCOC(=O)c1ccc2c(c1)nc(SCc1c(F)c(F)c(C(F)(F)F)c(F)c1F)n2Cc1ccco1. The van der Waals surface area contributed by atoms with Crippen LogP contribution in [0, 0.1) is 23.3 Å². The lowest BCUT2D eigenvalue weighted by atomic mass is 10.1. The number of esters is 1. The van der Waals surface area contributed by atoms with Gasteiger partial charge in [-0.2, -0.15) is 13.2 Å². The van der Waals surface area contributed by atoms with Crippen LogP contribution in [0.4, 0.5) is 30.7 Å². The molecule has 0 unspecified atom stereocenters. The van der Waals surface area contributed by atoms with Crippen LogP contribution in [-0.2, 0) is 23.2 Å². The van der Waals surface area contributed by atoms with Crippen LogP contribution in [0.1, 0.15) is 34.2 Å².